The monoisotopic (exact) mass is 262 g/mol. The first kappa shape index (κ1) is 11.7. The maximum atomic E-state index is 12.0. The highest BCUT2D eigenvalue weighted by atomic mass is 32.1. The highest BCUT2D eigenvalue weighted by molar-refractivity contribution is 7.16. The number of hydrogen-bond acceptors (Lipinski definition) is 4. The second-order valence-corrected chi connectivity index (χ2v) is 5.77. The van der Waals surface area contributed by atoms with E-state index in [1.807, 2.05) is 0 Å². The van der Waals surface area contributed by atoms with Gasteiger partial charge in [0.2, 0.25) is 0 Å². The van der Waals surface area contributed by atoms with E-state index in [9.17, 15) is 10.1 Å². The van der Waals surface area contributed by atoms with Crippen molar-refractivity contribution in [2.45, 2.75) is 38.2 Å². The van der Waals surface area contributed by atoms with Crippen LogP contribution < -0.4 is 5.32 Å². The molecule has 0 spiro atoms. The molecule has 1 aliphatic carbocycles. The van der Waals surface area contributed by atoms with Crippen LogP contribution in [0.25, 0.3) is 0 Å². The van der Waals surface area contributed by atoms with Gasteiger partial charge < -0.3 is 10.1 Å². The molecular weight excluding hydrogens is 248 g/mol. The van der Waals surface area contributed by atoms with Gasteiger partial charge in [-0.15, -0.1) is 11.3 Å². The van der Waals surface area contributed by atoms with Crippen molar-refractivity contribution >= 4 is 22.2 Å². The predicted octanol–water partition coefficient (Wildman–Crippen LogP) is 2.23. The molecule has 4 nitrogen and oxygen atoms in total. The first-order valence-corrected chi connectivity index (χ1v) is 7.08. The van der Waals surface area contributed by atoms with E-state index in [4.69, 9.17) is 4.74 Å². The summed E-state index contributed by atoms with van der Waals surface area (Å²) in [5.74, 6) is -0.107. The Bertz CT molecular complexity index is 524. The minimum Gasteiger partial charge on any atom is -0.368 e. The number of aryl methyl sites for hydroxylation is 1. The Hall–Kier alpha value is -1.38. The Morgan fingerprint density at radius 2 is 2.33 bits per heavy atom. The van der Waals surface area contributed by atoms with Crippen LogP contribution in [0.4, 0.5) is 5.00 Å². The van der Waals surface area contributed by atoms with Gasteiger partial charge in [-0.1, -0.05) is 0 Å². The molecule has 94 valence electrons. The van der Waals surface area contributed by atoms with Gasteiger partial charge in [0.05, 0.1) is 5.56 Å². The molecule has 0 bridgehead atoms. The molecule has 1 aliphatic heterocycles. The Morgan fingerprint density at radius 3 is 3.06 bits per heavy atom. The third kappa shape index (κ3) is 1.92. The van der Waals surface area contributed by atoms with Crippen LogP contribution in [-0.4, -0.2) is 18.6 Å². The third-order valence-electron chi connectivity index (χ3n) is 3.49. The highest BCUT2D eigenvalue weighted by Crippen LogP contribution is 2.38. The molecule has 0 saturated carbocycles. The Balaban J connectivity index is 1.81. The maximum Gasteiger partial charge on any atom is 0.254 e. The predicted molar refractivity (Wildman–Crippen MR) is 68.7 cm³/mol. The lowest BCUT2D eigenvalue weighted by atomic mass is 10.1. The van der Waals surface area contributed by atoms with Crippen LogP contribution >= 0.6 is 11.3 Å². The van der Waals surface area contributed by atoms with Gasteiger partial charge >= 0.3 is 0 Å². The van der Waals surface area contributed by atoms with Crippen LogP contribution in [0.1, 0.15) is 35.3 Å². The number of carbonyl (C=O) groups is 1. The first-order valence-electron chi connectivity index (χ1n) is 6.26. The summed E-state index contributed by atoms with van der Waals surface area (Å²) in [5.41, 5.74) is 1.81. The van der Waals surface area contributed by atoms with Crippen molar-refractivity contribution in [1.82, 2.24) is 0 Å². The van der Waals surface area contributed by atoms with Crippen LogP contribution in [0.3, 0.4) is 0 Å². The molecule has 0 radical (unpaired) electrons. The number of nitrogens with zero attached hydrogens (tertiary/aromatic N) is 1. The van der Waals surface area contributed by atoms with E-state index >= 15 is 0 Å². The van der Waals surface area contributed by atoms with Crippen LogP contribution in [0.5, 0.6) is 0 Å². The number of carbonyl (C=O) groups excluding carboxylic acids is 1. The number of hydrogen-bond donors (Lipinski definition) is 1. The van der Waals surface area contributed by atoms with Crippen molar-refractivity contribution < 1.29 is 9.53 Å². The fourth-order valence-corrected chi connectivity index (χ4v) is 3.83. The van der Waals surface area contributed by atoms with E-state index < -0.39 is 0 Å². The Labute approximate surface area is 110 Å². The van der Waals surface area contributed by atoms with Crippen molar-refractivity contribution in [3.63, 3.8) is 0 Å². The van der Waals surface area contributed by atoms with Crippen LogP contribution in [0.2, 0.25) is 0 Å². The standard InChI is InChI=1S/C13H14N2O2S/c14-7-9-8-3-1-5-11(8)18-13(9)15-12(16)10-4-2-6-17-10/h10H,1-6H2,(H,15,16). The number of amides is 1. The first-order chi connectivity index (χ1) is 8.79. The molecule has 2 heterocycles. The van der Waals surface area contributed by atoms with E-state index in [0.717, 1.165) is 37.7 Å². The quantitative estimate of drug-likeness (QED) is 0.889. The number of anilines is 1. The Kier molecular flexibility index (Phi) is 3.06. The second-order valence-electron chi connectivity index (χ2n) is 4.66. The number of ether oxygens (including phenoxy) is 1. The summed E-state index contributed by atoms with van der Waals surface area (Å²) in [6.07, 6.45) is 4.49. The fraction of sp³-hybridized carbons (Fsp3) is 0.538. The van der Waals surface area contributed by atoms with Gasteiger partial charge in [0.25, 0.3) is 5.91 Å². The molecule has 1 atom stereocenters. The minimum absolute atomic E-state index is 0.107. The molecule has 0 aromatic carbocycles. The largest absolute Gasteiger partial charge is 0.368 e. The van der Waals surface area contributed by atoms with Gasteiger partial charge in [-0.2, -0.15) is 5.26 Å². The highest BCUT2D eigenvalue weighted by Gasteiger charge is 2.27. The van der Waals surface area contributed by atoms with Gasteiger partial charge in [-0.05, 0) is 37.7 Å². The molecule has 18 heavy (non-hydrogen) atoms. The summed E-state index contributed by atoms with van der Waals surface area (Å²) in [4.78, 5) is 13.2. The van der Waals surface area contributed by atoms with E-state index in [-0.39, 0.29) is 12.0 Å². The van der Waals surface area contributed by atoms with Crippen molar-refractivity contribution in [2.24, 2.45) is 0 Å². The van der Waals surface area contributed by atoms with Gasteiger partial charge in [0.15, 0.2) is 0 Å². The van der Waals surface area contributed by atoms with Gasteiger partial charge in [-0.3, -0.25) is 4.79 Å². The summed E-state index contributed by atoms with van der Waals surface area (Å²) < 4.78 is 5.35. The molecule has 2 aliphatic rings. The van der Waals surface area contributed by atoms with E-state index in [0.29, 0.717) is 17.2 Å². The van der Waals surface area contributed by atoms with Crippen LogP contribution in [0, 0.1) is 11.3 Å². The molecule has 1 N–H and O–H groups in total. The van der Waals surface area contributed by atoms with E-state index in [2.05, 4.69) is 11.4 Å². The summed E-state index contributed by atoms with van der Waals surface area (Å²) in [6.45, 7) is 0.657. The van der Waals surface area contributed by atoms with Crippen LogP contribution in [-0.2, 0) is 22.4 Å². The lowest BCUT2D eigenvalue weighted by Gasteiger charge is -2.09. The zero-order chi connectivity index (χ0) is 12.5. The van der Waals surface area contributed by atoms with E-state index in [1.54, 1.807) is 11.3 Å². The van der Waals surface area contributed by atoms with E-state index in [1.165, 1.54) is 4.88 Å². The third-order valence-corrected chi connectivity index (χ3v) is 4.70. The second kappa shape index (κ2) is 4.71. The number of nitriles is 1. The fourth-order valence-electron chi connectivity index (χ4n) is 2.59. The van der Waals surface area contributed by atoms with Crippen molar-refractivity contribution in [2.75, 3.05) is 11.9 Å². The molecule has 1 aromatic heterocycles. The number of fused-ring (bicyclic) bond motifs is 1. The maximum absolute atomic E-state index is 12.0. The molecule has 5 heteroatoms. The molecule has 1 aromatic rings. The number of thiophene rings is 1. The number of nitrogens with one attached hydrogen (secondary N) is 1. The molecule has 1 unspecified atom stereocenters. The van der Waals surface area contributed by atoms with Crippen molar-refractivity contribution in [1.29, 1.82) is 5.26 Å². The molecular formula is C13H14N2O2S. The van der Waals surface area contributed by atoms with Gasteiger partial charge in [0.1, 0.15) is 17.2 Å². The average Bonchev–Trinajstić information content (AvgIpc) is 3.04. The van der Waals surface area contributed by atoms with Gasteiger partial charge in [-0.25, -0.2) is 0 Å². The van der Waals surface area contributed by atoms with Crippen molar-refractivity contribution in [3.05, 3.63) is 16.0 Å². The normalized spacial score (nSPS) is 21.6. The summed E-state index contributed by atoms with van der Waals surface area (Å²) >= 11 is 1.55. The topological polar surface area (TPSA) is 62.1 Å². The molecule has 3 rings (SSSR count). The minimum atomic E-state index is -0.339. The van der Waals surface area contributed by atoms with Crippen LogP contribution in [0.15, 0.2) is 0 Å². The average molecular weight is 262 g/mol. The lowest BCUT2D eigenvalue weighted by molar-refractivity contribution is -0.124. The summed E-state index contributed by atoms with van der Waals surface area (Å²) in [6, 6.07) is 2.23. The molecule has 1 amide bonds. The number of rotatable bonds is 2. The lowest BCUT2D eigenvalue weighted by Crippen LogP contribution is -2.26. The molecule has 1 fully saturated rings. The van der Waals surface area contributed by atoms with Gasteiger partial charge in [0, 0.05) is 11.5 Å². The zero-order valence-electron chi connectivity index (χ0n) is 9.99. The smallest absolute Gasteiger partial charge is 0.254 e. The Morgan fingerprint density at radius 1 is 1.44 bits per heavy atom. The SMILES string of the molecule is N#Cc1c(NC(=O)C2CCCO2)sc2c1CCC2. The van der Waals surface area contributed by atoms with Crippen molar-refractivity contribution in [3.8, 4) is 6.07 Å². The summed E-state index contributed by atoms with van der Waals surface area (Å²) in [5, 5.41) is 12.8. The zero-order valence-corrected chi connectivity index (χ0v) is 10.8. The molecule has 1 saturated heterocycles. The summed E-state index contributed by atoms with van der Waals surface area (Å²) in [7, 11) is 0.